The van der Waals surface area contributed by atoms with Crippen molar-refractivity contribution in [3.8, 4) is 11.8 Å². The lowest BCUT2D eigenvalue weighted by Crippen LogP contribution is -1.74. The van der Waals surface area contributed by atoms with E-state index in [1.165, 1.54) is 0 Å². The molecule has 18 heavy (non-hydrogen) atoms. The van der Waals surface area contributed by atoms with Crippen LogP contribution in [0, 0.1) is 11.8 Å². The van der Waals surface area contributed by atoms with Gasteiger partial charge in [0.1, 0.15) is 5.52 Å². The minimum Gasteiger partial charge on any atom is -0.430 e. The number of nitrogens with zero attached hydrogens (tertiary/aromatic N) is 1. The fraction of sp³-hybridized carbons (Fsp3) is 0. The Hall–Kier alpha value is -2.24. The largest absolute Gasteiger partial charge is 0.430 e. The minimum atomic E-state index is 0.399. The Labute approximate surface area is 109 Å². The van der Waals surface area contributed by atoms with E-state index in [4.69, 9.17) is 16.0 Å². The van der Waals surface area contributed by atoms with Crippen molar-refractivity contribution in [2.75, 3.05) is 0 Å². The van der Waals surface area contributed by atoms with Crippen LogP contribution in [0.5, 0.6) is 0 Å². The van der Waals surface area contributed by atoms with E-state index in [1.54, 1.807) is 18.2 Å². The first-order valence-corrected chi connectivity index (χ1v) is 5.82. The number of benzene rings is 2. The van der Waals surface area contributed by atoms with E-state index in [2.05, 4.69) is 16.8 Å². The normalized spacial score (nSPS) is 10.1. The van der Waals surface area contributed by atoms with Crippen LogP contribution in [0.4, 0.5) is 0 Å². The Bertz CT molecular complexity index is 750. The third-order valence-electron chi connectivity index (χ3n) is 2.44. The zero-order valence-corrected chi connectivity index (χ0v) is 10.1. The Kier molecular flexibility index (Phi) is 2.76. The zero-order chi connectivity index (χ0) is 12.4. The van der Waals surface area contributed by atoms with Gasteiger partial charge in [-0.2, -0.15) is 0 Å². The summed E-state index contributed by atoms with van der Waals surface area (Å²) in [6.07, 6.45) is 0. The molecule has 0 N–H and O–H groups in total. The SMILES string of the molecule is Clc1ccc2oc(C#Cc3ccccc3)nc2c1. The number of oxazole rings is 1. The van der Waals surface area contributed by atoms with Crippen LogP contribution >= 0.6 is 11.6 Å². The number of hydrogen-bond donors (Lipinski definition) is 0. The van der Waals surface area contributed by atoms with Gasteiger partial charge in [-0.15, -0.1) is 0 Å². The van der Waals surface area contributed by atoms with Gasteiger partial charge in [-0.25, -0.2) is 4.98 Å². The molecule has 0 amide bonds. The predicted octanol–water partition coefficient (Wildman–Crippen LogP) is 3.88. The van der Waals surface area contributed by atoms with Gasteiger partial charge >= 0.3 is 0 Å². The van der Waals surface area contributed by atoms with Crippen LogP contribution in [-0.4, -0.2) is 4.98 Å². The van der Waals surface area contributed by atoms with Gasteiger partial charge in [-0.3, -0.25) is 0 Å². The molecule has 0 saturated carbocycles. The van der Waals surface area contributed by atoms with Gasteiger partial charge in [0.05, 0.1) is 0 Å². The Morgan fingerprint density at radius 2 is 1.83 bits per heavy atom. The van der Waals surface area contributed by atoms with Crippen LogP contribution in [0.25, 0.3) is 11.1 Å². The average Bonchev–Trinajstić information content (AvgIpc) is 2.79. The summed E-state index contributed by atoms with van der Waals surface area (Å²) in [6, 6.07) is 15.0. The Balaban J connectivity index is 1.99. The van der Waals surface area contributed by atoms with Crippen molar-refractivity contribution in [3.63, 3.8) is 0 Å². The van der Waals surface area contributed by atoms with Crippen LogP contribution < -0.4 is 0 Å². The Morgan fingerprint density at radius 3 is 2.67 bits per heavy atom. The van der Waals surface area contributed by atoms with Crippen LogP contribution in [0.15, 0.2) is 52.9 Å². The molecule has 0 atom stereocenters. The van der Waals surface area contributed by atoms with Crippen molar-refractivity contribution < 1.29 is 4.42 Å². The summed E-state index contributed by atoms with van der Waals surface area (Å²) in [6.45, 7) is 0. The molecule has 0 unspecified atom stereocenters. The number of rotatable bonds is 0. The number of halogens is 1. The van der Waals surface area contributed by atoms with Gasteiger partial charge in [-0.05, 0) is 36.3 Å². The zero-order valence-electron chi connectivity index (χ0n) is 9.35. The predicted molar refractivity (Wildman–Crippen MR) is 71.4 cm³/mol. The first kappa shape index (κ1) is 10.9. The Morgan fingerprint density at radius 1 is 1.00 bits per heavy atom. The third-order valence-corrected chi connectivity index (χ3v) is 2.67. The molecule has 0 aliphatic rings. The van der Waals surface area contributed by atoms with Crippen LogP contribution in [0.2, 0.25) is 5.02 Å². The van der Waals surface area contributed by atoms with E-state index in [-0.39, 0.29) is 0 Å². The van der Waals surface area contributed by atoms with Crippen molar-refractivity contribution in [1.29, 1.82) is 0 Å². The lowest BCUT2D eigenvalue weighted by Gasteiger charge is -1.85. The van der Waals surface area contributed by atoms with Crippen LogP contribution in [-0.2, 0) is 0 Å². The first-order valence-electron chi connectivity index (χ1n) is 5.44. The summed E-state index contributed by atoms with van der Waals surface area (Å²) in [7, 11) is 0. The smallest absolute Gasteiger partial charge is 0.274 e. The van der Waals surface area contributed by atoms with E-state index in [1.807, 2.05) is 30.3 Å². The molecule has 0 saturated heterocycles. The first-order chi connectivity index (χ1) is 8.81. The maximum Gasteiger partial charge on any atom is 0.274 e. The fourth-order valence-electron chi connectivity index (χ4n) is 1.60. The second-order valence-corrected chi connectivity index (χ2v) is 4.18. The van der Waals surface area contributed by atoms with Gasteiger partial charge in [0.15, 0.2) is 5.58 Å². The summed E-state index contributed by atoms with van der Waals surface area (Å²) in [5.74, 6) is 6.30. The maximum absolute atomic E-state index is 5.88. The molecule has 0 aliphatic heterocycles. The quantitative estimate of drug-likeness (QED) is 0.568. The van der Waals surface area contributed by atoms with Crippen molar-refractivity contribution in [2.24, 2.45) is 0 Å². The molecule has 2 aromatic carbocycles. The van der Waals surface area contributed by atoms with Crippen molar-refractivity contribution in [2.45, 2.75) is 0 Å². The number of hydrogen-bond acceptors (Lipinski definition) is 2. The molecule has 3 rings (SSSR count). The van der Waals surface area contributed by atoms with E-state index < -0.39 is 0 Å². The lowest BCUT2D eigenvalue weighted by molar-refractivity contribution is 0.586. The molecule has 0 bridgehead atoms. The highest BCUT2D eigenvalue weighted by atomic mass is 35.5. The van der Waals surface area contributed by atoms with E-state index in [0.29, 0.717) is 16.5 Å². The number of fused-ring (bicyclic) bond motifs is 1. The molecule has 1 aromatic heterocycles. The topological polar surface area (TPSA) is 26.0 Å². The average molecular weight is 254 g/mol. The van der Waals surface area contributed by atoms with E-state index in [0.717, 1.165) is 11.1 Å². The lowest BCUT2D eigenvalue weighted by atomic mass is 10.2. The van der Waals surface area contributed by atoms with Gasteiger partial charge in [0.2, 0.25) is 0 Å². The van der Waals surface area contributed by atoms with Gasteiger partial charge < -0.3 is 4.42 Å². The highest BCUT2D eigenvalue weighted by molar-refractivity contribution is 6.31. The highest BCUT2D eigenvalue weighted by Crippen LogP contribution is 2.19. The van der Waals surface area contributed by atoms with Crippen LogP contribution in [0.3, 0.4) is 0 Å². The fourth-order valence-corrected chi connectivity index (χ4v) is 1.77. The summed E-state index contributed by atoms with van der Waals surface area (Å²) in [5.41, 5.74) is 2.34. The third kappa shape index (κ3) is 2.22. The summed E-state index contributed by atoms with van der Waals surface area (Å²) in [4.78, 5) is 4.26. The second-order valence-electron chi connectivity index (χ2n) is 3.75. The molecule has 2 nitrogen and oxygen atoms in total. The molecule has 1 heterocycles. The van der Waals surface area contributed by atoms with Gasteiger partial charge in [0.25, 0.3) is 5.89 Å². The van der Waals surface area contributed by atoms with E-state index >= 15 is 0 Å². The summed E-state index contributed by atoms with van der Waals surface area (Å²) in [5, 5.41) is 0.637. The minimum absolute atomic E-state index is 0.399. The summed E-state index contributed by atoms with van der Waals surface area (Å²) >= 11 is 5.88. The molecule has 86 valence electrons. The maximum atomic E-state index is 5.88. The molecular formula is C15H8ClNO. The molecule has 0 aliphatic carbocycles. The monoisotopic (exact) mass is 253 g/mol. The molecule has 0 spiro atoms. The van der Waals surface area contributed by atoms with E-state index in [9.17, 15) is 0 Å². The molecule has 3 heteroatoms. The molecule has 0 radical (unpaired) electrons. The van der Waals surface area contributed by atoms with Crippen molar-refractivity contribution in [1.82, 2.24) is 4.98 Å². The number of aromatic nitrogens is 1. The molecular weight excluding hydrogens is 246 g/mol. The highest BCUT2D eigenvalue weighted by Gasteiger charge is 2.03. The molecule has 3 aromatic rings. The van der Waals surface area contributed by atoms with Crippen molar-refractivity contribution in [3.05, 3.63) is 65.0 Å². The van der Waals surface area contributed by atoms with Crippen LogP contribution in [0.1, 0.15) is 11.5 Å². The van der Waals surface area contributed by atoms with Gasteiger partial charge in [-0.1, -0.05) is 35.7 Å². The molecule has 0 fully saturated rings. The standard InChI is InChI=1S/C15H8ClNO/c16-12-7-8-14-13(10-12)17-15(18-14)9-6-11-4-2-1-3-5-11/h1-5,7-8,10H. The summed E-state index contributed by atoms with van der Waals surface area (Å²) < 4.78 is 5.50. The van der Waals surface area contributed by atoms with Gasteiger partial charge in [0, 0.05) is 10.6 Å². The second kappa shape index (κ2) is 4.56. The van der Waals surface area contributed by atoms with Crippen molar-refractivity contribution >= 4 is 22.7 Å².